The molecule has 1 aliphatic rings. The van der Waals surface area contributed by atoms with Gasteiger partial charge in [-0.25, -0.2) is 0 Å². The van der Waals surface area contributed by atoms with Gasteiger partial charge in [-0.3, -0.25) is 4.79 Å². The Morgan fingerprint density at radius 3 is 3.19 bits per heavy atom. The number of amides is 1. The summed E-state index contributed by atoms with van der Waals surface area (Å²) in [6, 6.07) is 1.83. The van der Waals surface area contributed by atoms with Crippen molar-refractivity contribution in [2.24, 2.45) is 0 Å². The van der Waals surface area contributed by atoms with Gasteiger partial charge in [-0.15, -0.1) is 22.9 Å². The number of alkyl halides is 1. The minimum Gasteiger partial charge on any atom is -0.377 e. The van der Waals surface area contributed by atoms with Gasteiger partial charge in [-0.05, 0) is 22.0 Å². The first kappa shape index (κ1) is 12.4. The minimum atomic E-state index is -0.0124. The van der Waals surface area contributed by atoms with E-state index in [9.17, 15) is 4.79 Å². The van der Waals surface area contributed by atoms with E-state index < -0.39 is 0 Å². The number of carbonyl (C=O) groups excluding carboxylic acids is 1. The first-order valence-corrected chi connectivity index (χ1v) is 7.12. The van der Waals surface area contributed by atoms with Gasteiger partial charge in [0.05, 0.1) is 28.6 Å². The Hall–Kier alpha value is -0.100. The lowest BCUT2D eigenvalue weighted by atomic mass is 10.2. The molecule has 1 amide bonds. The van der Waals surface area contributed by atoms with Crippen LogP contribution in [0.5, 0.6) is 0 Å². The molecule has 88 valence electrons. The molecular weight excluding hydrogens is 314 g/mol. The number of thiophene rings is 1. The highest BCUT2D eigenvalue weighted by atomic mass is 79.9. The second kappa shape index (κ2) is 5.49. The highest BCUT2D eigenvalue weighted by Crippen LogP contribution is 2.23. The largest absolute Gasteiger partial charge is 0.377 e. The van der Waals surface area contributed by atoms with E-state index in [1.165, 1.54) is 11.3 Å². The van der Waals surface area contributed by atoms with Crippen LogP contribution < -0.4 is 0 Å². The third kappa shape index (κ3) is 2.59. The number of morpholine rings is 1. The van der Waals surface area contributed by atoms with Gasteiger partial charge in [0.15, 0.2) is 0 Å². The number of hydrogen-bond acceptors (Lipinski definition) is 3. The quantitative estimate of drug-likeness (QED) is 0.783. The van der Waals surface area contributed by atoms with Gasteiger partial charge in [0.2, 0.25) is 0 Å². The maximum absolute atomic E-state index is 12.2. The Morgan fingerprint density at radius 2 is 2.56 bits per heavy atom. The summed E-state index contributed by atoms with van der Waals surface area (Å²) < 4.78 is 6.27. The zero-order valence-electron chi connectivity index (χ0n) is 8.49. The Kier molecular flexibility index (Phi) is 4.24. The molecule has 2 heterocycles. The summed E-state index contributed by atoms with van der Waals surface area (Å²) in [5, 5.41) is 1.85. The van der Waals surface area contributed by atoms with Crippen LogP contribution in [0.25, 0.3) is 0 Å². The zero-order chi connectivity index (χ0) is 11.5. The molecule has 1 aromatic rings. The molecule has 16 heavy (non-hydrogen) atoms. The van der Waals surface area contributed by atoms with Crippen molar-refractivity contribution in [3.8, 4) is 0 Å². The first-order chi connectivity index (χ1) is 7.72. The molecule has 0 aliphatic carbocycles. The number of halogens is 2. The van der Waals surface area contributed by atoms with Crippen molar-refractivity contribution in [3.63, 3.8) is 0 Å². The number of nitrogens with zero attached hydrogens (tertiary/aromatic N) is 1. The fraction of sp³-hybridized carbons (Fsp3) is 0.500. The average Bonchev–Trinajstić information content (AvgIpc) is 2.75. The molecule has 1 saturated heterocycles. The van der Waals surface area contributed by atoms with E-state index in [1.807, 2.05) is 11.4 Å². The topological polar surface area (TPSA) is 29.5 Å². The van der Waals surface area contributed by atoms with Crippen LogP contribution >= 0.6 is 38.9 Å². The molecule has 6 heteroatoms. The van der Waals surface area contributed by atoms with Crippen LogP contribution in [0.15, 0.2) is 15.2 Å². The number of hydrogen-bond donors (Lipinski definition) is 0. The molecule has 0 spiro atoms. The monoisotopic (exact) mass is 323 g/mol. The lowest BCUT2D eigenvalue weighted by Gasteiger charge is -2.34. The van der Waals surface area contributed by atoms with Crippen molar-refractivity contribution in [1.82, 2.24) is 4.90 Å². The maximum atomic E-state index is 12.2. The van der Waals surface area contributed by atoms with E-state index in [2.05, 4.69) is 15.9 Å². The van der Waals surface area contributed by atoms with Crippen LogP contribution in [0.1, 0.15) is 10.4 Å². The molecule has 1 unspecified atom stereocenters. The zero-order valence-corrected chi connectivity index (χ0v) is 11.6. The van der Waals surface area contributed by atoms with Gasteiger partial charge in [0.25, 0.3) is 5.91 Å². The second-order valence-corrected chi connectivity index (χ2v) is 6.12. The van der Waals surface area contributed by atoms with Gasteiger partial charge < -0.3 is 9.64 Å². The molecule has 0 bridgehead atoms. The lowest BCUT2D eigenvalue weighted by molar-refractivity contribution is 0.00459. The molecule has 0 aromatic carbocycles. The van der Waals surface area contributed by atoms with Crippen LogP contribution in [0.4, 0.5) is 0 Å². The highest BCUT2D eigenvalue weighted by Gasteiger charge is 2.27. The van der Waals surface area contributed by atoms with Crippen LogP contribution in [-0.2, 0) is 4.74 Å². The van der Waals surface area contributed by atoms with E-state index in [0.29, 0.717) is 31.2 Å². The van der Waals surface area contributed by atoms with Crippen LogP contribution in [0.3, 0.4) is 0 Å². The fourth-order valence-electron chi connectivity index (χ4n) is 1.64. The van der Waals surface area contributed by atoms with Crippen molar-refractivity contribution >= 4 is 44.8 Å². The molecule has 1 atom stereocenters. The number of rotatable bonds is 2. The van der Waals surface area contributed by atoms with E-state index in [0.717, 1.165) is 3.79 Å². The van der Waals surface area contributed by atoms with Gasteiger partial charge in [-0.1, -0.05) is 0 Å². The maximum Gasteiger partial charge on any atom is 0.255 e. The summed E-state index contributed by atoms with van der Waals surface area (Å²) >= 11 is 10.7. The van der Waals surface area contributed by atoms with Crippen molar-refractivity contribution < 1.29 is 9.53 Å². The SMILES string of the molecule is O=C(c1csc(Br)c1)N1CCOCC1CCl. The van der Waals surface area contributed by atoms with Gasteiger partial charge in [0.1, 0.15) is 0 Å². The third-order valence-corrected chi connectivity index (χ3v) is 4.34. The molecule has 0 saturated carbocycles. The molecular formula is C10H11BrClNO2S. The minimum absolute atomic E-state index is 0.0124. The normalized spacial score (nSPS) is 21.1. The highest BCUT2D eigenvalue weighted by molar-refractivity contribution is 9.11. The summed E-state index contributed by atoms with van der Waals surface area (Å²) in [5.41, 5.74) is 0.717. The Bertz CT molecular complexity index is 385. The molecule has 1 aromatic heterocycles. The molecule has 2 rings (SSSR count). The fourth-order valence-corrected chi connectivity index (χ4v) is 3.02. The molecule has 0 radical (unpaired) electrons. The van der Waals surface area contributed by atoms with E-state index >= 15 is 0 Å². The second-order valence-electron chi connectivity index (χ2n) is 3.52. The summed E-state index contributed by atoms with van der Waals surface area (Å²) in [4.78, 5) is 14.0. The average molecular weight is 325 g/mol. The van der Waals surface area contributed by atoms with Crippen LogP contribution in [-0.4, -0.2) is 42.5 Å². The third-order valence-electron chi connectivity index (χ3n) is 2.48. The number of carbonyl (C=O) groups is 1. The van der Waals surface area contributed by atoms with Crippen molar-refractivity contribution in [2.45, 2.75) is 6.04 Å². The van der Waals surface area contributed by atoms with Crippen LogP contribution in [0, 0.1) is 0 Å². The predicted octanol–water partition coefficient (Wildman–Crippen LogP) is 2.59. The van der Waals surface area contributed by atoms with Crippen molar-refractivity contribution in [3.05, 3.63) is 20.8 Å². The Balaban J connectivity index is 2.13. The van der Waals surface area contributed by atoms with Gasteiger partial charge in [0, 0.05) is 17.8 Å². The van der Waals surface area contributed by atoms with E-state index in [4.69, 9.17) is 16.3 Å². The molecule has 1 aliphatic heterocycles. The van der Waals surface area contributed by atoms with E-state index in [-0.39, 0.29) is 11.9 Å². The van der Waals surface area contributed by atoms with Crippen LogP contribution in [0.2, 0.25) is 0 Å². The summed E-state index contributed by atoms with van der Waals surface area (Å²) in [6.45, 7) is 1.73. The number of ether oxygens (including phenoxy) is 1. The van der Waals surface area contributed by atoms with Crippen molar-refractivity contribution in [2.75, 3.05) is 25.6 Å². The lowest BCUT2D eigenvalue weighted by Crippen LogP contribution is -2.49. The van der Waals surface area contributed by atoms with Crippen molar-refractivity contribution in [1.29, 1.82) is 0 Å². The van der Waals surface area contributed by atoms with Gasteiger partial charge in [-0.2, -0.15) is 0 Å². The Labute approximate surface area is 111 Å². The van der Waals surface area contributed by atoms with E-state index in [1.54, 1.807) is 4.90 Å². The standard InChI is InChI=1S/C10H11BrClNO2S/c11-9-3-7(6-16-9)10(14)13-1-2-15-5-8(13)4-12/h3,6,8H,1-2,4-5H2. The summed E-state index contributed by atoms with van der Waals surface area (Å²) in [6.07, 6.45) is 0. The summed E-state index contributed by atoms with van der Waals surface area (Å²) in [7, 11) is 0. The smallest absolute Gasteiger partial charge is 0.255 e. The molecule has 0 N–H and O–H groups in total. The van der Waals surface area contributed by atoms with Gasteiger partial charge >= 0.3 is 0 Å². The predicted molar refractivity (Wildman–Crippen MR) is 68.4 cm³/mol. The first-order valence-electron chi connectivity index (χ1n) is 4.91. The Morgan fingerprint density at radius 1 is 1.75 bits per heavy atom. The molecule has 1 fully saturated rings. The summed E-state index contributed by atoms with van der Waals surface area (Å²) in [5.74, 6) is 0.452. The molecule has 3 nitrogen and oxygen atoms in total.